The average molecular weight is 238 g/mol. The fraction of sp³-hybridized carbons (Fsp3) is 0.571. The lowest BCUT2D eigenvalue weighted by molar-refractivity contribution is 0.563. The Balaban J connectivity index is 2.45. The molecule has 0 aliphatic rings. The van der Waals surface area contributed by atoms with Crippen molar-refractivity contribution in [1.82, 2.24) is 0 Å². The van der Waals surface area contributed by atoms with Gasteiger partial charge in [0.05, 0.1) is 0 Å². The summed E-state index contributed by atoms with van der Waals surface area (Å²) < 4.78 is 12.8. The minimum atomic E-state index is -0.183. The Morgan fingerprint density at radius 1 is 1.24 bits per heavy atom. The Bertz CT molecular complexity index is 311. The molecule has 0 saturated heterocycles. The third-order valence-corrected chi connectivity index (χ3v) is 3.10. The van der Waals surface area contributed by atoms with E-state index in [0.717, 1.165) is 38.0 Å². The standard InChI is InChI=1S/C14H23FN2/c1-3-13(16)6-5-11-17(4-2)14-9-7-12(15)8-10-14/h7-10,13H,3-6,11,16H2,1-2H3. The molecule has 0 radical (unpaired) electrons. The van der Waals surface area contributed by atoms with E-state index >= 15 is 0 Å². The normalized spacial score (nSPS) is 12.5. The van der Waals surface area contributed by atoms with E-state index in [9.17, 15) is 4.39 Å². The first kappa shape index (κ1) is 14.0. The molecule has 1 unspecified atom stereocenters. The number of nitrogens with zero attached hydrogens (tertiary/aromatic N) is 1. The van der Waals surface area contributed by atoms with Crippen molar-refractivity contribution in [2.75, 3.05) is 18.0 Å². The van der Waals surface area contributed by atoms with E-state index in [1.165, 1.54) is 12.1 Å². The maximum atomic E-state index is 12.8. The van der Waals surface area contributed by atoms with Crippen molar-refractivity contribution in [2.24, 2.45) is 5.73 Å². The molecule has 1 aromatic rings. The molecule has 0 aliphatic heterocycles. The zero-order chi connectivity index (χ0) is 12.7. The highest BCUT2D eigenvalue weighted by Crippen LogP contribution is 2.15. The van der Waals surface area contributed by atoms with Crippen molar-refractivity contribution >= 4 is 5.69 Å². The molecular weight excluding hydrogens is 215 g/mol. The SMILES string of the molecule is CCC(N)CCCN(CC)c1ccc(F)cc1. The lowest BCUT2D eigenvalue weighted by atomic mass is 10.1. The molecule has 0 aromatic heterocycles. The van der Waals surface area contributed by atoms with Gasteiger partial charge < -0.3 is 10.6 Å². The fourth-order valence-electron chi connectivity index (χ4n) is 1.87. The highest BCUT2D eigenvalue weighted by atomic mass is 19.1. The Labute approximate surface area is 104 Å². The van der Waals surface area contributed by atoms with Crippen molar-refractivity contribution in [3.63, 3.8) is 0 Å². The molecule has 0 heterocycles. The second-order valence-electron chi connectivity index (χ2n) is 4.37. The van der Waals surface area contributed by atoms with E-state index in [1.54, 1.807) is 0 Å². The first-order chi connectivity index (χ1) is 8.17. The minimum absolute atomic E-state index is 0.183. The smallest absolute Gasteiger partial charge is 0.123 e. The summed E-state index contributed by atoms with van der Waals surface area (Å²) in [5.41, 5.74) is 6.97. The van der Waals surface area contributed by atoms with Gasteiger partial charge in [0.25, 0.3) is 0 Å². The average Bonchev–Trinajstić information content (AvgIpc) is 2.35. The molecule has 0 saturated carbocycles. The highest BCUT2D eigenvalue weighted by Gasteiger charge is 2.05. The summed E-state index contributed by atoms with van der Waals surface area (Å²) in [5.74, 6) is -0.183. The van der Waals surface area contributed by atoms with Crippen LogP contribution in [0.3, 0.4) is 0 Å². The van der Waals surface area contributed by atoms with Crippen LogP contribution in [0.5, 0.6) is 0 Å². The monoisotopic (exact) mass is 238 g/mol. The van der Waals surface area contributed by atoms with Crippen molar-refractivity contribution in [3.8, 4) is 0 Å². The van der Waals surface area contributed by atoms with Crippen LogP contribution >= 0.6 is 0 Å². The van der Waals surface area contributed by atoms with Crippen molar-refractivity contribution in [3.05, 3.63) is 30.1 Å². The van der Waals surface area contributed by atoms with Gasteiger partial charge in [-0.2, -0.15) is 0 Å². The zero-order valence-electron chi connectivity index (χ0n) is 10.8. The largest absolute Gasteiger partial charge is 0.372 e. The molecule has 0 fully saturated rings. The van der Waals surface area contributed by atoms with Gasteiger partial charge in [0, 0.05) is 24.8 Å². The van der Waals surface area contributed by atoms with Gasteiger partial charge in [-0.25, -0.2) is 4.39 Å². The molecule has 96 valence electrons. The third-order valence-electron chi connectivity index (χ3n) is 3.10. The van der Waals surface area contributed by atoms with Gasteiger partial charge in [0.15, 0.2) is 0 Å². The zero-order valence-corrected chi connectivity index (χ0v) is 10.8. The molecule has 0 amide bonds. The Morgan fingerprint density at radius 3 is 2.41 bits per heavy atom. The van der Waals surface area contributed by atoms with E-state index in [2.05, 4.69) is 18.7 Å². The Hall–Kier alpha value is -1.09. The lowest BCUT2D eigenvalue weighted by Gasteiger charge is -2.23. The van der Waals surface area contributed by atoms with Crippen LogP contribution in [0.15, 0.2) is 24.3 Å². The van der Waals surface area contributed by atoms with Gasteiger partial charge in [-0.3, -0.25) is 0 Å². The molecule has 1 aromatic carbocycles. The fourth-order valence-corrected chi connectivity index (χ4v) is 1.87. The van der Waals surface area contributed by atoms with Crippen LogP contribution in [0.25, 0.3) is 0 Å². The number of nitrogens with two attached hydrogens (primary N) is 1. The number of hydrogen-bond donors (Lipinski definition) is 1. The molecule has 1 rings (SSSR count). The van der Waals surface area contributed by atoms with Crippen LogP contribution in [0.1, 0.15) is 33.1 Å². The first-order valence-electron chi connectivity index (χ1n) is 6.43. The van der Waals surface area contributed by atoms with Crippen LogP contribution in [0.4, 0.5) is 10.1 Å². The Kier molecular flexibility index (Phi) is 5.98. The minimum Gasteiger partial charge on any atom is -0.372 e. The second kappa shape index (κ2) is 7.28. The lowest BCUT2D eigenvalue weighted by Crippen LogP contribution is -2.26. The van der Waals surface area contributed by atoms with Crippen molar-refractivity contribution < 1.29 is 4.39 Å². The quantitative estimate of drug-likeness (QED) is 0.790. The number of rotatable bonds is 7. The molecule has 2 nitrogen and oxygen atoms in total. The summed E-state index contributed by atoms with van der Waals surface area (Å²) in [4.78, 5) is 2.25. The van der Waals surface area contributed by atoms with Gasteiger partial charge in [-0.1, -0.05) is 6.92 Å². The van der Waals surface area contributed by atoms with Crippen LogP contribution < -0.4 is 10.6 Å². The predicted molar refractivity (Wildman–Crippen MR) is 71.8 cm³/mol. The summed E-state index contributed by atoms with van der Waals surface area (Å²) in [6.07, 6.45) is 3.16. The van der Waals surface area contributed by atoms with Crippen LogP contribution in [-0.4, -0.2) is 19.1 Å². The highest BCUT2D eigenvalue weighted by molar-refractivity contribution is 5.45. The third kappa shape index (κ3) is 4.73. The number of halogens is 1. The predicted octanol–water partition coefficient (Wildman–Crippen LogP) is 3.17. The van der Waals surface area contributed by atoms with E-state index in [4.69, 9.17) is 5.73 Å². The second-order valence-corrected chi connectivity index (χ2v) is 4.37. The molecular formula is C14H23FN2. The molecule has 0 spiro atoms. The van der Waals surface area contributed by atoms with Gasteiger partial charge in [0.2, 0.25) is 0 Å². The molecule has 0 bridgehead atoms. The number of anilines is 1. The van der Waals surface area contributed by atoms with E-state index in [-0.39, 0.29) is 5.82 Å². The molecule has 1 atom stereocenters. The van der Waals surface area contributed by atoms with Crippen LogP contribution in [-0.2, 0) is 0 Å². The van der Waals surface area contributed by atoms with Crippen LogP contribution in [0, 0.1) is 5.82 Å². The van der Waals surface area contributed by atoms with Gasteiger partial charge in [0.1, 0.15) is 5.82 Å². The van der Waals surface area contributed by atoms with Gasteiger partial charge >= 0.3 is 0 Å². The summed E-state index contributed by atoms with van der Waals surface area (Å²) >= 11 is 0. The van der Waals surface area contributed by atoms with Gasteiger partial charge in [-0.05, 0) is 50.5 Å². The maximum Gasteiger partial charge on any atom is 0.123 e. The van der Waals surface area contributed by atoms with Crippen molar-refractivity contribution in [2.45, 2.75) is 39.2 Å². The van der Waals surface area contributed by atoms with Gasteiger partial charge in [-0.15, -0.1) is 0 Å². The summed E-state index contributed by atoms with van der Waals surface area (Å²) in [5, 5.41) is 0. The number of benzene rings is 1. The molecule has 2 N–H and O–H groups in total. The molecule has 0 aliphatic carbocycles. The summed E-state index contributed by atoms with van der Waals surface area (Å²) in [6.45, 7) is 6.15. The molecule has 17 heavy (non-hydrogen) atoms. The maximum absolute atomic E-state index is 12.8. The van der Waals surface area contributed by atoms with Crippen LogP contribution in [0.2, 0.25) is 0 Å². The summed E-state index contributed by atoms with van der Waals surface area (Å²) in [6, 6.07) is 6.99. The molecule has 3 heteroatoms. The number of hydrogen-bond acceptors (Lipinski definition) is 2. The van der Waals surface area contributed by atoms with E-state index in [0.29, 0.717) is 6.04 Å². The van der Waals surface area contributed by atoms with Crippen molar-refractivity contribution in [1.29, 1.82) is 0 Å². The Morgan fingerprint density at radius 2 is 1.88 bits per heavy atom. The van der Waals surface area contributed by atoms with E-state index in [1.807, 2.05) is 12.1 Å². The summed E-state index contributed by atoms with van der Waals surface area (Å²) in [7, 11) is 0. The first-order valence-corrected chi connectivity index (χ1v) is 6.43. The van der Waals surface area contributed by atoms with E-state index < -0.39 is 0 Å². The topological polar surface area (TPSA) is 29.3 Å².